The van der Waals surface area contributed by atoms with E-state index in [1.807, 2.05) is 0 Å². The zero-order chi connectivity index (χ0) is 9.40. The third kappa shape index (κ3) is 3.47. The number of morpholine rings is 1. The molecule has 1 saturated heterocycles. The summed E-state index contributed by atoms with van der Waals surface area (Å²) in [5.41, 5.74) is 0. The third-order valence-electron chi connectivity index (χ3n) is 1.50. The first-order chi connectivity index (χ1) is 5.84. The van der Waals surface area contributed by atoms with Crippen LogP contribution in [0.3, 0.4) is 0 Å². The normalized spacial score (nSPS) is 16.0. The van der Waals surface area contributed by atoms with Gasteiger partial charge in [-0.3, -0.25) is 16.5 Å². The van der Waals surface area contributed by atoms with Crippen molar-refractivity contribution in [3.63, 3.8) is 0 Å². The van der Waals surface area contributed by atoms with Crippen molar-refractivity contribution in [3.05, 3.63) is 12.7 Å². The van der Waals surface area contributed by atoms with Gasteiger partial charge in [0.15, 0.2) is 0 Å². The van der Waals surface area contributed by atoms with E-state index < -0.39 is 0 Å². The Balaban J connectivity index is 0.000000561. The molecule has 12 heavy (non-hydrogen) atoms. The second kappa shape index (κ2) is 6.78. The molecule has 70 valence electrons. The molecule has 5 nitrogen and oxygen atoms in total. The number of ether oxygens (including phenoxy) is 1. The summed E-state index contributed by atoms with van der Waals surface area (Å²) >= 11 is 0. The lowest BCUT2D eigenvalue weighted by molar-refractivity contribution is -0.129. The molecule has 0 aromatic heterocycles. The fourth-order valence-corrected chi connectivity index (χ4v) is 0.913. The number of carbonyl (C=O) groups excluding carboxylic acids is 1. The van der Waals surface area contributed by atoms with Crippen molar-refractivity contribution in [2.45, 2.75) is 0 Å². The molecule has 1 fully saturated rings. The van der Waals surface area contributed by atoms with Gasteiger partial charge in [-0.1, -0.05) is 6.58 Å². The molecule has 5 heteroatoms. The minimum absolute atomic E-state index is 0.00306. The Kier molecular flexibility index (Phi) is 6.26. The Morgan fingerprint density at radius 3 is 2.33 bits per heavy atom. The fourth-order valence-electron chi connectivity index (χ4n) is 0.913. The van der Waals surface area contributed by atoms with E-state index in [-0.39, 0.29) is 5.91 Å². The van der Waals surface area contributed by atoms with Crippen LogP contribution in [0.25, 0.3) is 0 Å². The van der Waals surface area contributed by atoms with Crippen LogP contribution in [0.1, 0.15) is 0 Å². The minimum atomic E-state index is 0.00306. The van der Waals surface area contributed by atoms with Crippen LogP contribution in [0.15, 0.2) is 12.7 Å². The quantitative estimate of drug-likeness (QED) is 0.298. The smallest absolute Gasteiger partial charge is 0.246 e. The summed E-state index contributed by atoms with van der Waals surface area (Å²) in [6.45, 7) is 6.11. The Labute approximate surface area is 71.9 Å². The molecular formula is C7H15N3O2. The molecule has 1 aliphatic heterocycles. The molecule has 0 unspecified atom stereocenters. The van der Waals surface area contributed by atoms with E-state index >= 15 is 0 Å². The van der Waals surface area contributed by atoms with Crippen molar-refractivity contribution in [2.24, 2.45) is 11.7 Å². The van der Waals surface area contributed by atoms with E-state index in [0.29, 0.717) is 26.3 Å². The van der Waals surface area contributed by atoms with Crippen LogP contribution in [0, 0.1) is 0 Å². The van der Waals surface area contributed by atoms with E-state index in [1.165, 1.54) is 6.08 Å². The van der Waals surface area contributed by atoms with E-state index in [4.69, 9.17) is 4.74 Å². The number of nitrogens with two attached hydrogens (primary N) is 2. The van der Waals surface area contributed by atoms with E-state index in [9.17, 15) is 4.79 Å². The summed E-state index contributed by atoms with van der Waals surface area (Å²) in [5, 5.41) is 0. The number of hydrogen-bond acceptors (Lipinski definition) is 4. The van der Waals surface area contributed by atoms with Crippen LogP contribution in [0.4, 0.5) is 0 Å². The van der Waals surface area contributed by atoms with Gasteiger partial charge in [0, 0.05) is 13.1 Å². The second-order valence-corrected chi connectivity index (χ2v) is 2.14. The topological polar surface area (TPSA) is 81.6 Å². The van der Waals surface area contributed by atoms with Crippen LogP contribution < -0.4 is 11.7 Å². The van der Waals surface area contributed by atoms with Crippen molar-refractivity contribution in [1.82, 2.24) is 4.90 Å². The molecule has 1 aliphatic rings. The zero-order valence-electron chi connectivity index (χ0n) is 7.03. The maximum Gasteiger partial charge on any atom is 0.246 e. The number of nitrogens with zero attached hydrogens (tertiary/aromatic N) is 1. The molecule has 0 aromatic rings. The van der Waals surface area contributed by atoms with Crippen LogP contribution in [0.5, 0.6) is 0 Å². The second-order valence-electron chi connectivity index (χ2n) is 2.14. The van der Waals surface area contributed by atoms with Gasteiger partial charge in [0.25, 0.3) is 0 Å². The molecule has 0 spiro atoms. The molecule has 1 rings (SSSR count). The summed E-state index contributed by atoms with van der Waals surface area (Å²) in [6.07, 6.45) is 1.34. The summed E-state index contributed by atoms with van der Waals surface area (Å²) in [6, 6.07) is 0. The van der Waals surface area contributed by atoms with Crippen molar-refractivity contribution >= 4 is 5.91 Å². The Hall–Kier alpha value is -0.910. The molecule has 0 bridgehead atoms. The Morgan fingerprint density at radius 1 is 1.42 bits per heavy atom. The molecule has 1 amide bonds. The molecule has 0 aliphatic carbocycles. The standard InChI is InChI=1S/C7H11NO2.H4N2/c1-2-7(9)8-3-5-10-6-4-8;1-2/h2H,1,3-6H2;1-2H2. The fraction of sp³-hybridized carbons (Fsp3) is 0.571. The minimum Gasteiger partial charge on any atom is -0.378 e. The first-order valence-electron chi connectivity index (χ1n) is 3.67. The lowest BCUT2D eigenvalue weighted by Gasteiger charge is -2.25. The van der Waals surface area contributed by atoms with Gasteiger partial charge >= 0.3 is 0 Å². The predicted molar refractivity (Wildman–Crippen MR) is 46.0 cm³/mol. The molecule has 0 atom stereocenters. The first kappa shape index (κ1) is 11.1. The predicted octanol–water partition coefficient (Wildman–Crippen LogP) is -1.15. The Bertz CT molecular complexity index is 144. The van der Waals surface area contributed by atoms with Gasteiger partial charge in [-0.15, -0.1) is 0 Å². The van der Waals surface area contributed by atoms with E-state index in [2.05, 4.69) is 18.3 Å². The van der Waals surface area contributed by atoms with Crippen LogP contribution in [-0.2, 0) is 9.53 Å². The monoisotopic (exact) mass is 173 g/mol. The molecular weight excluding hydrogens is 158 g/mol. The third-order valence-corrected chi connectivity index (χ3v) is 1.50. The van der Waals surface area contributed by atoms with Gasteiger partial charge in [-0.2, -0.15) is 0 Å². The highest BCUT2D eigenvalue weighted by Crippen LogP contribution is 1.96. The number of amides is 1. The number of carbonyl (C=O) groups is 1. The maximum atomic E-state index is 10.9. The maximum absolute atomic E-state index is 10.9. The lowest BCUT2D eigenvalue weighted by Crippen LogP contribution is -2.39. The van der Waals surface area contributed by atoms with Crippen LogP contribution in [-0.4, -0.2) is 37.1 Å². The average Bonchev–Trinajstić information content (AvgIpc) is 2.21. The summed E-state index contributed by atoms with van der Waals surface area (Å²) < 4.78 is 5.07. The zero-order valence-corrected chi connectivity index (χ0v) is 7.03. The highest BCUT2D eigenvalue weighted by Gasteiger charge is 2.12. The highest BCUT2D eigenvalue weighted by molar-refractivity contribution is 5.87. The number of rotatable bonds is 1. The van der Waals surface area contributed by atoms with Crippen molar-refractivity contribution in [2.75, 3.05) is 26.3 Å². The van der Waals surface area contributed by atoms with Crippen molar-refractivity contribution < 1.29 is 9.53 Å². The van der Waals surface area contributed by atoms with Gasteiger partial charge in [0.1, 0.15) is 0 Å². The molecule has 0 aromatic carbocycles. The van der Waals surface area contributed by atoms with Gasteiger partial charge in [-0.05, 0) is 6.08 Å². The highest BCUT2D eigenvalue weighted by atomic mass is 16.5. The van der Waals surface area contributed by atoms with Crippen LogP contribution >= 0.6 is 0 Å². The lowest BCUT2D eigenvalue weighted by atomic mass is 10.4. The van der Waals surface area contributed by atoms with Gasteiger partial charge in [0.2, 0.25) is 5.91 Å². The number of hydrogen-bond donors (Lipinski definition) is 2. The first-order valence-corrected chi connectivity index (χ1v) is 3.67. The average molecular weight is 173 g/mol. The largest absolute Gasteiger partial charge is 0.378 e. The number of hydrazine groups is 1. The molecule has 1 heterocycles. The molecule has 0 radical (unpaired) electrons. The summed E-state index contributed by atoms with van der Waals surface area (Å²) in [4.78, 5) is 12.7. The van der Waals surface area contributed by atoms with Crippen molar-refractivity contribution in [1.29, 1.82) is 0 Å². The summed E-state index contributed by atoms with van der Waals surface area (Å²) in [7, 11) is 0. The van der Waals surface area contributed by atoms with Gasteiger partial charge in [-0.25, -0.2) is 0 Å². The summed E-state index contributed by atoms with van der Waals surface area (Å²) in [5.74, 6) is 8.00. The molecule has 0 saturated carbocycles. The SMILES string of the molecule is C=CC(=O)N1CCOCC1.NN. The van der Waals surface area contributed by atoms with Crippen molar-refractivity contribution in [3.8, 4) is 0 Å². The molecule has 4 N–H and O–H groups in total. The van der Waals surface area contributed by atoms with Crippen LogP contribution in [0.2, 0.25) is 0 Å². The Morgan fingerprint density at radius 2 is 1.92 bits per heavy atom. The van der Waals surface area contributed by atoms with Gasteiger partial charge < -0.3 is 9.64 Å². The van der Waals surface area contributed by atoms with Gasteiger partial charge in [0.05, 0.1) is 13.2 Å². The van der Waals surface area contributed by atoms with E-state index in [0.717, 1.165) is 0 Å². The van der Waals surface area contributed by atoms with E-state index in [1.54, 1.807) is 4.90 Å².